The second-order valence-electron chi connectivity index (χ2n) is 5.02. The SMILES string of the molecule is CC(=O)NC(C)C(=O)N1CCN(C(=O)c2ccco2)CC1. The van der Waals surface area contributed by atoms with Crippen LogP contribution in [0.5, 0.6) is 0 Å². The summed E-state index contributed by atoms with van der Waals surface area (Å²) in [5, 5.41) is 2.57. The Hall–Kier alpha value is -2.31. The smallest absolute Gasteiger partial charge is 0.289 e. The molecule has 2 rings (SSSR count). The summed E-state index contributed by atoms with van der Waals surface area (Å²) in [6, 6.07) is 2.75. The highest BCUT2D eigenvalue weighted by atomic mass is 16.3. The molecule has 1 N–H and O–H groups in total. The molecule has 2 heterocycles. The molecule has 0 bridgehead atoms. The zero-order valence-corrected chi connectivity index (χ0v) is 12.2. The van der Waals surface area contributed by atoms with Crippen LogP contribution < -0.4 is 5.32 Å². The number of nitrogens with one attached hydrogen (secondary N) is 1. The third-order valence-corrected chi connectivity index (χ3v) is 3.40. The van der Waals surface area contributed by atoms with Crippen LogP contribution >= 0.6 is 0 Å². The van der Waals surface area contributed by atoms with Crippen LogP contribution in [0.2, 0.25) is 0 Å². The van der Waals surface area contributed by atoms with Crippen molar-refractivity contribution in [1.82, 2.24) is 15.1 Å². The fourth-order valence-electron chi connectivity index (χ4n) is 2.33. The maximum Gasteiger partial charge on any atom is 0.289 e. The van der Waals surface area contributed by atoms with Gasteiger partial charge in [-0.15, -0.1) is 0 Å². The molecular formula is C14H19N3O4. The van der Waals surface area contributed by atoms with Gasteiger partial charge in [-0.3, -0.25) is 14.4 Å². The first-order valence-corrected chi connectivity index (χ1v) is 6.87. The summed E-state index contributed by atoms with van der Waals surface area (Å²) in [4.78, 5) is 38.5. The van der Waals surface area contributed by atoms with Gasteiger partial charge in [-0.05, 0) is 19.1 Å². The Balaban J connectivity index is 1.87. The molecule has 3 amide bonds. The van der Waals surface area contributed by atoms with Crippen LogP contribution in [0, 0.1) is 0 Å². The van der Waals surface area contributed by atoms with E-state index in [0.717, 1.165) is 0 Å². The average Bonchev–Trinajstić information content (AvgIpc) is 2.99. The molecule has 1 unspecified atom stereocenters. The first kappa shape index (κ1) is 15.1. The molecule has 0 spiro atoms. The largest absolute Gasteiger partial charge is 0.459 e. The number of hydrogen-bond acceptors (Lipinski definition) is 4. The van der Waals surface area contributed by atoms with E-state index in [0.29, 0.717) is 31.9 Å². The van der Waals surface area contributed by atoms with E-state index in [-0.39, 0.29) is 17.7 Å². The molecular weight excluding hydrogens is 274 g/mol. The van der Waals surface area contributed by atoms with E-state index in [4.69, 9.17) is 4.42 Å². The van der Waals surface area contributed by atoms with Crippen molar-refractivity contribution in [3.63, 3.8) is 0 Å². The van der Waals surface area contributed by atoms with E-state index < -0.39 is 6.04 Å². The molecule has 0 aromatic carbocycles. The van der Waals surface area contributed by atoms with Gasteiger partial charge in [0.05, 0.1) is 6.26 Å². The van der Waals surface area contributed by atoms with Gasteiger partial charge in [0.1, 0.15) is 6.04 Å². The van der Waals surface area contributed by atoms with Gasteiger partial charge in [-0.1, -0.05) is 0 Å². The lowest BCUT2D eigenvalue weighted by molar-refractivity contribution is -0.136. The highest BCUT2D eigenvalue weighted by Gasteiger charge is 2.28. The second-order valence-corrected chi connectivity index (χ2v) is 5.02. The lowest BCUT2D eigenvalue weighted by Crippen LogP contribution is -2.55. The Labute approximate surface area is 122 Å². The molecule has 1 saturated heterocycles. The Bertz CT molecular complexity index is 518. The van der Waals surface area contributed by atoms with Crippen molar-refractivity contribution in [2.24, 2.45) is 0 Å². The Morgan fingerprint density at radius 1 is 1.19 bits per heavy atom. The van der Waals surface area contributed by atoms with Gasteiger partial charge in [0, 0.05) is 33.1 Å². The summed E-state index contributed by atoms with van der Waals surface area (Å²) in [5.41, 5.74) is 0. The molecule has 0 radical (unpaired) electrons. The van der Waals surface area contributed by atoms with E-state index in [9.17, 15) is 14.4 Å². The second kappa shape index (κ2) is 6.43. The number of piperazine rings is 1. The number of carbonyl (C=O) groups is 3. The van der Waals surface area contributed by atoms with Gasteiger partial charge in [-0.25, -0.2) is 0 Å². The minimum Gasteiger partial charge on any atom is -0.459 e. The predicted molar refractivity (Wildman–Crippen MR) is 74.5 cm³/mol. The number of hydrogen-bond donors (Lipinski definition) is 1. The first-order valence-electron chi connectivity index (χ1n) is 6.87. The van der Waals surface area contributed by atoms with Crippen LogP contribution in [0.4, 0.5) is 0 Å². The number of carbonyl (C=O) groups excluding carboxylic acids is 3. The standard InChI is InChI=1S/C14H19N3O4/c1-10(15-11(2)18)13(19)16-5-7-17(8-6-16)14(20)12-4-3-9-21-12/h3-4,9-10H,5-8H2,1-2H3,(H,15,18). The summed E-state index contributed by atoms with van der Waals surface area (Å²) >= 11 is 0. The van der Waals surface area contributed by atoms with Crippen molar-refractivity contribution in [2.45, 2.75) is 19.9 Å². The van der Waals surface area contributed by atoms with Crippen molar-refractivity contribution < 1.29 is 18.8 Å². The van der Waals surface area contributed by atoms with Gasteiger partial charge >= 0.3 is 0 Å². The van der Waals surface area contributed by atoms with Crippen molar-refractivity contribution in [1.29, 1.82) is 0 Å². The van der Waals surface area contributed by atoms with Gasteiger partial charge in [0.25, 0.3) is 5.91 Å². The van der Waals surface area contributed by atoms with E-state index in [2.05, 4.69) is 5.32 Å². The third-order valence-electron chi connectivity index (χ3n) is 3.40. The Morgan fingerprint density at radius 2 is 1.81 bits per heavy atom. The lowest BCUT2D eigenvalue weighted by Gasteiger charge is -2.35. The number of nitrogens with zero attached hydrogens (tertiary/aromatic N) is 2. The molecule has 0 saturated carbocycles. The number of furan rings is 1. The molecule has 7 nitrogen and oxygen atoms in total. The molecule has 21 heavy (non-hydrogen) atoms. The fourth-order valence-corrected chi connectivity index (χ4v) is 2.33. The Morgan fingerprint density at radius 3 is 2.33 bits per heavy atom. The molecule has 1 fully saturated rings. The van der Waals surface area contributed by atoms with Crippen molar-refractivity contribution in [3.8, 4) is 0 Å². The van der Waals surface area contributed by atoms with Crippen molar-refractivity contribution in [3.05, 3.63) is 24.2 Å². The topological polar surface area (TPSA) is 82.9 Å². The molecule has 1 aromatic heterocycles. The molecule has 1 aromatic rings. The highest BCUT2D eigenvalue weighted by Crippen LogP contribution is 2.10. The van der Waals surface area contributed by atoms with E-state index in [1.807, 2.05) is 0 Å². The van der Waals surface area contributed by atoms with Crippen LogP contribution in [-0.4, -0.2) is 59.7 Å². The quantitative estimate of drug-likeness (QED) is 0.856. The van der Waals surface area contributed by atoms with Crippen LogP contribution in [0.15, 0.2) is 22.8 Å². The van der Waals surface area contributed by atoms with Crippen molar-refractivity contribution in [2.75, 3.05) is 26.2 Å². The summed E-state index contributed by atoms with van der Waals surface area (Å²) in [6.07, 6.45) is 1.46. The molecule has 1 aliphatic heterocycles. The normalized spacial score (nSPS) is 16.5. The van der Waals surface area contributed by atoms with Gasteiger partial charge in [0.2, 0.25) is 11.8 Å². The van der Waals surface area contributed by atoms with Crippen LogP contribution in [0.3, 0.4) is 0 Å². The fraction of sp³-hybridized carbons (Fsp3) is 0.500. The van der Waals surface area contributed by atoms with Crippen molar-refractivity contribution >= 4 is 17.7 Å². The van der Waals surface area contributed by atoms with E-state index in [1.54, 1.807) is 28.9 Å². The Kier molecular flexibility index (Phi) is 4.62. The highest BCUT2D eigenvalue weighted by molar-refractivity contribution is 5.92. The molecule has 0 aliphatic carbocycles. The monoisotopic (exact) mass is 293 g/mol. The predicted octanol–water partition coefficient (Wildman–Crippen LogP) is 0.0886. The summed E-state index contributed by atoms with van der Waals surface area (Å²) in [5.74, 6) is -0.221. The van der Waals surface area contributed by atoms with Gasteiger partial charge in [-0.2, -0.15) is 0 Å². The molecule has 7 heteroatoms. The lowest BCUT2D eigenvalue weighted by atomic mass is 10.2. The van der Waals surface area contributed by atoms with Crippen LogP contribution in [0.1, 0.15) is 24.4 Å². The summed E-state index contributed by atoms with van der Waals surface area (Å²) in [7, 11) is 0. The van der Waals surface area contributed by atoms with Gasteiger partial charge < -0.3 is 19.5 Å². The minimum absolute atomic E-state index is 0.129. The minimum atomic E-state index is -0.546. The summed E-state index contributed by atoms with van der Waals surface area (Å²) < 4.78 is 5.09. The molecule has 1 aliphatic rings. The number of amides is 3. The maximum absolute atomic E-state index is 12.1. The molecule has 1 atom stereocenters. The third kappa shape index (κ3) is 3.62. The van der Waals surface area contributed by atoms with Crippen LogP contribution in [0.25, 0.3) is 0 Å². The van der Waals surface area contributed by atoms with E-state index >= 15 is 0 Å². The number of rotatable bonds is 3. The maximum atomic E-state index is 12.1. The first-order chi connectivity index (χ1) is 9.99. The van der Waals surface area contributed by atoms with Gasteiger partial charge in [0.15, 0.2) is 5.76 Å². The zero-order valence-electron chi connectivity index (χ0n) is 12.2. The molecule has 114 valence electrons. The average molecular weight is 293 g/mol. The zero-order chi connectivity index (χ0) is 15.4. The van der Waals surface area contributed by atoms with Crippen LogP contribution in [-0.2, 0) is 9.59 Å². The summed E-state index contributed by atoms with van der Waals surface area (Å²) in [6.45, 7) is 4.86. The van der Waals surface area contributed by atoms with E-state index in [1.165, 1.54) is 13.2 Å².